The van der Waals surface area contributed by atoms with E-state index in [4.69, 9.17) is 4.74 Å². The lowest BCUT2D eigenvalue weighted by molar-refractivity contribution is -0.139. The molecule has 0 spiro atoms. The van der Waals surface area contributed by atoms with Crippen LogP contribution in [0.2, 0.25) is 0 Å². The number of nitrogens with zero attached hydrogens (tertiary/aromatic N) is 2. The number of benzene rings is 1. The van der Waals surface area contributed by atoms with Crippen LogP contribution in [0.4, 0.5) is 0 Å². The molecule has 1 saturated carbocycles. The monoisotopic (exact) mass is 432 g/mol. The Labute approximate surface area is 176 Å². The van der Waals surface area contributed by atoms with E-state index in [0.717, 1.165) is 43.1 Å². The number of aryl methyl sites for hydroxylation is 1. The Hall–Kier alpha value is -2.35. The maximum Gasteiger partial charge on any atom is 0.340 e. The lowest BCUT2D eigenvalue weighted by Gasteiger charge is -2.33. The molecule has 2 heterocycles. The zero-order valence-corrected chi connectivity index (χ0v) is 18.1. The summed E-state index contributed by atoms with van der Waals surface area (Å²) in [6.45, 7) is 2.36. The van der Waals surface area contributed by atoms with E-state index in [2.05, 4.69) is 0 Å². The first-order valence-corrected chi connectivity index (χ1v) is 12.5. The molecule has 2 aromatic rings. The number of carbonyl (C=O) groups excluding carboxylic acids is 2. The Morgan fingerprint density at radius 2 is 1.87 bits per heavy atom. The SMILES string of the molecule is CCn1cc(C(=O)OCC(=O)N(C2CCCC2)C2CCS(=O)(=O)C2)c2ccccc21. The number of hydrogen-bond acceptors (Lipinski definition) is 5. The van der Waals surface area contributed by atoms with Gasteiger partial charge < -0.3 is 14.2 Å². The van der Waals surface area contributed by atoms with Crippen molar-refractivity contribution in [2.24, 2.45) is 0 Å². The molecule has 8 heteroatoms. The molecule has 1 aromatic carbocycles. The highest BCUT2D eigenvalue weighted by Crippen LogP contribution is 2.29. The third kappa shape index (κ3) is 4.10. The Kier molecular flexibility index (Phi) is 5.86. The highest BCUT2D eigenvalue weighted by Gasteiger charge is 2.39. The molecule has 4 rings (SSSR count). The van der Waals surface area contributed by atoms with Gasteiger partial charge in [0.1, 0.15) is 0 Å². The van der Waals surface area contributed by atoms with Crippen molar-refractivity contribution in [3.05, 3.63) is 36.0 Å². The fourth-order valence-corrected chi connectivity index (χ4v) is 6.54. The number of rotatable bonds is 6. The number of carbonyl (C=O) groups is 2. The Bertz CT molecular complexity index is 1050. The van der Waals surface area contributed by atoms with Gasteiger partial charge in [0.2, 0.25) is 0 Å². The number of esters is 1. The van der Waals surface area contributed by atoms with Gasteiger partial charge in [0, 0.05) is 35.7 Å². The third-order valence-electron chi connectivity index (χ3n) is 6.28. The van der Waals surface area contributed by atoms with Crippen molar-refractivity contribution in [2.45, 2.75) is 57.7 Å². The van der Waals surface area contributed by atoms with Crippen molar-refractivity contribution >= 4 is 32.6 Å². The maximum absolute atomic E-state index is 13.0. The van der Waals surface area contributed by atoms with Crippen LogP contribution in [-0.2, 0) is 25.9 Å². The first-order valence-electron chi connectivity index (χ1n) is 10.7. The number of amides is 1. The molecule has 1 atom stereocenters. The fourth-order valence-electron chi connectivity index (χ4n) is 4.83. The van der Waals surface area contributed by atoms with E-state index in [1.54, 1.807) is 11.1 Å². The minimum atomic E-state index is -3.11. The van der Waals surface area contributed by atoms with E-state index >= 15 is 0 Å². The summed E-state index contributed by atoms with van der Waals surface area (Å²) in [5.41, 5.74) is 1.39. The van der Waals surface area contributed by atoms with Gasteiger partial charge >= 0.3 is 5.97 Å². The number of fused-ring (bicyclic) bond motifs is 1. The molecule has 1 amide bonds. The first-order chi connectivity index (χ1) is 14.4. The van der Waals surface area contributed by atoms with Crippen LogP contribution in [0, 0.1) is 0 Å². The van der Waals surface area contributed by atoms with Gasteiger partial charge in [0.05, 0.1) is 17.1 Å². The van der Waals surface area contributed by atoms with E-state index in [0.29, 0.717) is 12.0 Å². The van der Waals surface area contributed by atoms with Crippen molar-refractivity contribution in [3.8, 4) is 0 Å². The molecule has 0 radical (unpaired) electrons. The van der Waals surface area contributed by atoms with Crippen molar-refractivity contribution in [3.63, 3.8) is 0 Å². The van der Waals surface area contributed by atoms with Gasteiger partial charge in [0.25, 0.3) is 5.91 Å². The van der Waals surface area contributed by atoms with Crippen LogP contribution in [0.1, 0.15) is 49.4 Å². The largest absolute Gasteiger partial charge is 0.452 e. The summed E-state index contributed by atoms with van der Waals surface area (Å²) in [5, 5.41) is 0.798. The molecule has 7 nitrogen and oxygen atoms in total. The average molecular weight is 433 g/mol. The van der Waals surface area contributed by atoms with E-state index < -0.39 is 15.8 Å². The van der Waals surface area contributed by atoms with Gasteiger partial charge in [-0.1, -0.05) is 31.0 Å². The second kappa shape index (κ2) is 8.41. The molecule has 1 unspecified atom stereocenters. The van der Waals surface area contributed by atoms with Crippen LogP contribution in [0.3, 0.4) is 0 Å². The molecule has 1 aliphatic heterocycles. The van der Waals surface area contributed by atoms with Crippen LogP contribution in [-0.4, -0.2) is 60.0 Å². The number of para-hydroxylation sites is 1. The molecule has 0 N–H and O–H groups in total. The van der Waals surface area contributed by atoms with Gasteiger partial charge in [-0.15, -0.1) is 0 Å². The molecular formula is C22H28N2O5S. The lowest BCUT2D eigenvalue weighted by atomic mass is 10.1. The summed E-state index contributed by atoms with van der Waals surface area (Å²) >= 11 is 0. The molecule has 1 saturated heterocycles. The Morgan fingerprint density at radius 1 is 1.13 bits per heavy atom. The van der Waals surface area contributed by atoms with E-state index in [-0.39, 0.29) is 36.1 Å². The number of hydrogen-bond donors (Lipinski definition) is 0. The maximum atomic E-state index is 13.0. The second-order valence-electron chi connectivity index (χ2n) is 8.22. The van der Waals surface area contributed by atoms with Gasteiger partial charge in [-0.05, 0) is 32.3 Å². The van der Waals surface area contributed by atoms with E-state index in [9.17, 15) is 18.0 Å². The third-order valence-corrected chi connectivity index (χ3v) is 8.03. The summed E-state index contributed by atoms with van der Waals surface area (Å²) in [6, 6.07) is 7.33. The van der Waals surface area contributed by atoms with Gasteiger partial charge in [-0.3, -0.25) is 4.79 Å². The fraction of sp³-hybridized carbons (Fsp3) is 0.545. The highest BCUT2D eigenvalue weighted by molar-refractivity contribution is 7.91. The topological polar surface area (TPSA) is 85.7 Å². The van der Waals surface area contributed by atoms with Crippen LogP contribution in [0.5, 0.6) is 0 Å². The summed E-state index contributed by atoms with van der Waals surface area (Å²) in [5.74, 6) is -0.703. The lowest BCUT2D eigenvalue weighted by Crippen LogP contribution is -2.48. The smallest absolute Gasteiger partial charge is 0.340 e. The second-order valence-corrected chi connectivity index (χ2v) is 10.4. The number of aromatic nitrogens is 1. The van der Waals surface area contributed by atoms with Gasteiger partial charge in [-0.25, -0.2) is 13.2 Å². The predicted molar refractivity (Wildman–Crippen MR) is 114 cm³/mol. The summed E-state index contributed by atoms with van der Waals surface area (Å²) in [6.07, 6.45) is 6.03. The molecule has 2 fully saturated rings. The van der Waals surface area contributed by atoms with Crippen molar-refractivity contribution in [1.29, 1.82) is 0 Å². The molecule has 1 aromatic heterocycles. The number of sulfone groups is 1. The van der Waals surface area contributed by atoms with Crippen molar-refractivity contribution in [2.75, 3.05) is 18.1 Å². The quantitative estimate of drug-likeness (QED) is 0.655. The molecule has 1 aliphatic carbocycles. The van der Waals surface area contributed by atoms with Gasteiger partial charge in [-0.2, -0.15) is 0 Å². The van der Waals surface area contributed by atoms with E-state index in [1.807, 2.05) is 35.8 Å². The Morgan fingerprint density at radius 3 is 2.53 bits per heavy atom. The zero-order chi connectivity index (χ0) is 21.3. The van der Waals surface area contributed by atoms with Crippen LogP contribution in [0.15, 0.2) is 30.5 Å². The summed E-state index contributed by atoms with van der Waals surface area (Å²) < 4.78 is 31.3. The van der Waals surface area contributed by atoms with Crippen LogP contribution >= 0.6 is 0 Å². The van der Waals surface area contributed by atoms with Crippen LogP contribution < -0.4 is 0 Å². The van der Waals surface area contributed by atoms with E-state index in [1.165, 1.54) is 0 Å². The molecule has 30 heavy (non-hydrogen) atoms. The highest BCUT2D eigenvalue weighted by atomic mass is 32.2. The normalized spacial score (nSPS) is 21.2. The molecule has 0 bridgehead atoms. The van der Waals surface area contributed by atoms with Gasteiger partial charge in [0.15, 0.2) is 16.4 Å². The Balaban J connectivity index is 1.49. The molecule has 2 aliphatic rings. The summed E-state index contributed by atoms with van der Waals surface area (Å²) in [7, 11) is -3.11. The van der Waals surface area contributed by atoms with Crippen LogP contribution in [0.25, 0.3) is 10.9 Å². The van der Waals surface area contributed by atoms with Crippen molar-refractivity contribution in [1.82, 2.24) is 9.47 Å². The van der Waals surface area contributed by atoms with Crippen molar-refractivity contribution < 1.29 is 22.7 Å². The molecule has 162 valence electrons. The number of ether oxygens (including phenoxy) is 1. The molecular weight excluding hydrogens is 404 g/mol. The average Bonchev–Trinajstić information content (AvgIpc) is 3.45. The minimum absolute atomic E-state index is 0.00712. The zero-order valence-electron chi connectivity index (χ0n) is 17.2. The standard InChI is InChI=1S/C22H28N2O5S/c1-2-23-13-19(18-9-5-6-10-20(18)23)22(26)29-14-21(25)24(16-7-3-4-8-16)17-11-12-30(27,28)15-17/h5-6,9-10,13,16-17H,2-4,7-8,11-12,14-15H2,1H3. The predicted octanol–water partition coefficient (Wildman–Crippen LogP) is 2.78. The first kappa shape index (κ1) is 20.9. The summed E-state index contributed by atoms with van der Waals surface area (Å²) in [4.78, 5) is 27.5. The minimum Gasteiger partial charge on any atom is -0.452 e.